The number of rotatable bonds is 4. The Bertz CT molecular complexity index is 775. The second-order valence-corrected chi connectivity index (χ2v) is 6.81. The quantitative estimate of drug-likeness (QED) is 0.917. The van der Waals surface area contributed by atoms with Gasteiger partial charge in [0.25, 0.3) is 0 Å². The van der Waals surface area contributed by atoms with E-state index in [1.165, 1.54) is 22.2 Å². The third kappa shape index (κ3) is 2.68. The summed E-state index contributed by atoms with van der Waals surface area (Å²) in [6.07, 6.45) is 1.14. The molecule has 0 aliphatic rings. The number of fused-ring (bicyclic) bond motifs is 1. The number of nitrogens with zero attached hydrogens (tertiary/aromatic N) is 2. The molecule has 20 heavy (non-hydrogen) atoms. The van der Waals surface area contributed by atoms with Crippen LogP contribution in [-0.2, 0) is 16.6 Å². The largest absolute Gasteiger partial charge is 0.478 e. The molecular weight excluding hydrogens is 280 g/mol. The number of hydrogen-bond donors (Lipinski definition) is 1. The first kappa shape index (κ1) is 14.5. The summed E-state index contributed by atoms with van der Waals surface area (Å²) in [5.74, 6) is -1.03. The predicted molar refractivity (Wildman–Crippen MR) is 76.5 cm³/mol. The lowest BCUT2D eigenvalue weighted by atomic mass is 10.1. The van der Waals surface area contributed by atoms with Gasteiger partial charge in [-0.3, -0.25) is 0 Å². The van der Waals surface area contributed by atoms with Crippen molar-refractivity contribution >= 4 is 26.9 Å². The van der Waals surface area contributed by atoms with Crippen LogP contribution in [0.1, 0.15) is 16.1 Å². The summed E-state index contributed by atoms with van der Waals surface area (Å²) in [4.78, 5) is 12.8. The van der Waals surface area contributed by atoms with Crippen LogP contribution >= 0.6 is 0 Å². The maximum absolute atomic E-state index is 12.0. The van der Waals surface area contributed by atoms with Crippen LogP contribution in [0.4, 0.5) is 0 Å². The van der Waals surface area contributed by atoms with Crippen molar-refractivity contribution in [1.82, 2.24) is 8.87 Å². The smallest absolute Gasteiger partial charge is 0.335 e. The molecular formula is C13H16N2O4S. The molecule has 0 atom stereocenters. The van der Waals surface area contributed by atoms with Crippen molar-refractivity contribution in [2.75, 3.05) is 20.4 Å². The van der Waals surface area contributed by atoms with Crippen LogP contribution in [0.2, 0.25) is 0 Å². The number of hydrogen-bond acceptors (Lipinski definition) is 4. The first-order chi connectivity index (χ1) is 9.20. The zero-order valence-electron chi connectivity index (χ0n) is 11.5. The summed E-state index contributed by atoms with van der Waals surface area (Å²) in [6.45, 7) is 0.449. The summed E-state index contributed by atoms with van der Waals surface area (Å²) < 4.78 is 25.2. The van der Waals surface area contributed by atoms with Crippen LogP contribution in [0.15, 0.2) is 24.3 Å². The fourth-order valence-electron chi connectivity index (χ4n) is 2.21. The topological polar surface area (TPSA) is 79.6 Å². The van der Waals surface area contributed by atoms with Crippen LogP contribution in [0.5, 0.6) is 0 Å². The number of aromatic carboxylic acids is 1. The molecule has 1 aromatic heterocycles. The first-order valence-electron chi connectivity index (χ1n) is 5.93. The molecule has 0 bridgehead atoms. The third-order valence-corrected chi connectivity index (χ3v) is 3.98. The highest BCUT2D eigenvalue weighted by atomic mass is 32.2. The maximum atomic E-state index is 12.0. The van der Waals surface area contributed by atoms with Gasteiger partial charge in [-0.25, -0.2) is 17.2 Å². The molecule has 0 spiro atoms. The minimum Gasteiger partial charge on any atom is -0.478 e. The summed E-state index contributed by atoms with van der Waals surface area (Å²) in [7, 11) is 0.228. The van der Waals surface area contributed by atoms with Gasteiger partial charge in [-0.05, 0) is 38.4 Å². The van der Waals surface area contributed by atoms with E-state index in [0.29, 0.717) is 23.1 Å². The van der Waals surface area contributed by atoms with E-state index in [0.717, 1.165) is 6.26 Å². The monoisotopic (exact) mass is 296 g/mol. The highest BCUT2D eigenvalue weighted by Crippen LogP contribution is 2.24. The van der Waals surface area contributed by atoms with E-state index in [2.05, 4.69) is 0 Å². The highest BCUT2D eigenvalue weighted by molar-refractivity contribution is 7.89. The van der Waals surface area contributed by atoms with Crippen LogP contribution in [0.25, 0.3) is 10.9 Å². The Kier molecular flexibility index (Phi) is 3.58. The zero-order chi connectivity index (χ0) is 15.1. The van der Waals surface area contributed by atoms with Gasteiger partial charge >= 0.3 is 5.97 Å². The van der Waals surface area contributed by atoms with Crippen molar-refractivity contribution in [3.63, 3.8) is 0 Å². The van der Waals surface area contributed by atoms with E-state index in [9.17, 15) is 13.2 Å². The lowest BCUT2D eigenvalue weighted by Gasteiger charge is -2.12. The number of carboxylic acid groups (broad SMARTS) is 1. The van der Waals surface area contributed by atoms with E-state index in [4.69, 9.17) is 5.11 Å². The lowest BCUT2D eigenvalue weighted by molar-refractivity contribution is 0.0697. The third-order valence-electron chi connectivity index (χ3n) is 2.89. The molecule has 7 heteroatoms. The minimum absolute atomic E-state index is 0.138. The van der Waals surface area contributed by atoms with Crippen molar-refractivity contribution < 1.29 is 18.3 Å². The van der Waals surface area contributed by atoms with Crippen molar-refractivity contribution in [3.8, 4) is 0 Å². The average Bonchev–Trinajstić information content (AvgIpc) is 2.63. The van der Waals surface area contributed by atoms with E-state index >= 15 is 0 Å². The Morgan fingerprint density at radius 2 is 1.95 bits per heavy atom. The molecule has 6 nitrogen and oxygen atoms in total. The second-order valence-electron chi connectivity index (χ2n) is 4.98. The van der Waals surface area contributed by atoms with Gasteiger partial charge in [-0.2, -0.15) is 0 Å². The molecule has 0 unspecified atom stereocenters. The number of carbonyl (C=O) groups is 1. The van der Waals surface area contributed by atoms with E-state index in [1.54, 1.807) is 6.07 Å². The zero-order valence-corrected chi connectivity index (χ0v) is 12.3. The van der Waals surface area contributed by atoms with Gasteiger partial charge in [0.05, 0.1) is 17.3 Å². The molecule has 0 saturated heterocycles. The molecule has 0 fully saturated rings. The van der Waals surface area contributed by atoms with Gasteiger partial charge in [-0.1, -0.05) is 0 Å². The van der Waals surface area contributed by atoms with Gasteiger partial charge in [0.1, 0.15) is 0 Å². The van der Waals surface area contributed by atoms with Crippen LogP contribution in [0, 0.1) is 0 Å². The summed E-state index contributed by atoms with van der Waals surface area (Å²) in [5.41, 5.74) is 1.24. The molecule has 0 saturated carbocycles. The molecule has 1 heterocycles. The maximum Gasteiger partial charge on any atom is 0.335 e. The molecule has 2 aromatic rings. The van der Waals surface area contributed by atoms with Gasteiger partial charge < -0.3 is 10.0 Å². The second kappa shape index (κ2) is 4.92. The van der Waals surface area contributed by atoms with Crippen LogP contribution in [-0.4, -0.2) is 48.7 Å². The van der Waals surface area contributed by atoms with Crippen molar-refractivity contribution in [2.24, 2.45) is 0 Å². The fourth-order valence-corrected chi connectivity index (χ4v) is 3.27. The van der Waals surface area contributed by atoms with Crippen molar-refractivity contribution in [1.29, 1.82) is 0 Å². The minimum atomic E-state index is -3.45. The van der Waals surface area contributed by atoms with E-state index in [1.807, 2.05) is 19.0 Å². The standard InChI is InChI=1S/C13H16N2O4S/c1-14(2)8-11-7-10-6-9(13(16)17)4-5-12(10)15(11)20(3,18)19/h4-7H,8H2,1-3H3,(H,16,17). The Balaban J connectivity index is 2.75. The highest BCUT2D eigenvalue weighted by Gasteiger charge is 2.18. The summed E-state index contributed by atoms with van der Waals surface area (Å²) in [5, 5.41) is 9.60. The van der Waals surface area contributed by atoms with Crippen LogP contribution in [0.3, 0.4) is 0 Å². The normalized spacial score (nSPS) is 12.2. The molecule has 0 amide bonds. The predicted octanol–water partition coefficient (Wildman–Crippen LogP) is 1.21. The van der Waals surface area contributed by atoms with Gasteiger partial charge in [0, 0.05) is 17.6 Å². The number of benzene rings is 1. The molecule has 108 valence electrons. The molecule has 0 aliphatic heterocycles. The first-order valence-corrected chi connectivity index (χ1v) is 7.78. The van der Waals surface area contributed by atoms with E-state index < -0.39 is 16.0 Å². The Labute approximate surface area is 117 Å². The average molecular weight is 296 g/mol. The molecule has 1 N–H and O–H groups in total. The number of aromatic nitrogens is 1. The molecule has 0 radical (unpaired) electrons. The van der Waals surface area contributed by atoms with E-state index in [-0.39, 0.29) is 5.56 Å². The lowest BCUT2D eigenvalue weighted by Crippen LogP contribution is -2.18. The van der Waals surface area contributed by atoms with Crippen LogP contribution < -0.4 is 0 Å². The Morgan fingerprint density at radius 3 is 2.45 bits per heavy atom. The SMILES string of the molecule is CN(C)Cc1cc2cc(C(=O)O)ccc2n1S(C)(=O)=O. The Morgan fingerprint density at radius 1 is 1.30 bits per heavy atom. The summed E-state index contributed by atoms with van der Waals surface area (Å²) in [6, 6.07) is 6.13. The molecule has 1 aromatic carbocycles. The molecule has 0 aliphatic carbocycles. The molecule has 2 rings (SSSR count). The number of carboxylic acids is 1. The van der Waals surface area contributed by atoms with Crippen molar-refractivity contribution in [2.45, 2.75) is 6.54 Å². The Hall–Kier alpha value is -1.86. The van der Waals surface area contributed by atoms with Gasteiger partial charge in [0.2, 0.25) is 10.0 Å². The fraction of sp³-hybridized carbons (Fsp3) is 0.308. The van der Waals surface area contributed by atoms with Gasteiger partial charge in [0.15, 0.2) is 0 Å². The van der Waals surface area contributed by atoms with Gasteiger partial charge in [-0.15, -0.1) is 0 Å². The summed E-state index contributed by atoms with van der Waals surface area (Å²) >= 11 is 0. The van der Waals surface area contributed by atoms with Crippen molar-refractivity contribution in [3.05, 3.63) is 35.5 Å².